The quantitative estimate of drug-likeness (QED) is 0.860. The first kappa shape index (κ1) is 12.2. The minimum absolute atomic E-state index is 0.128. The Kier molecular flexibility index (Phi) is 3.22. The van der Waals surface area contributed by atoms with Crippen LogP contribution in [0.1, 0.15) is 22.4 Å². The van der Waals surface area contributed by atoms with Crippen molar-refractivity contribution in [3.63, 3.8) is 0 Å². The number of carbonyl (C=O) groups excluding carboxylic acids is 1. The van der Waals surface area contributed by atoms with Crippen LogP contribution in [0.15, 0.2) is 18.6 Å². The van der Waals surface area contributed by atoms with Gasteiger partial charge in [0.15, 0.2) is 0 Å². The molecule has 19 heavy (non-hydrogen) atoms. The normalized spacial score (nSPS) is 19.6. The lowest BCUT2D eigenvalue weighted by Crippen LogP contribution is -2.44. The third-order valence-electron chi connectivity index (χ3n) is 3.02. The second-order valence-electron chi connectivity index (χ2n) is 4.19. The molecule has 1 atom stereocenters. The van der Waals surface area contributed by atoms with Gasteiger partial charge in [-0.15, -0.1) is 0 Å². The van der Waals surface area contributed by atoms with E-state index in [0.717, 1.165) is 0 Å². The van der Waals surface area contributed by atoms with Gasteiger partial charge in [-0.2, -0.15) is 5.10 Å². The van der Waals surface area contributed by atoms with E-state index in [1.54, 1.807) is 17.2 Å². The summed E-state index contributed by atoms with van der Waals surface area (Å²) in [6, 6.07) is 1.35. The van der Waals surface area contributed by atoms with Crippen LogP contribution in [-0.2, 0) is 4.74 Å². The zero-order valence-electron chi connectivity index (χ0n) is 9.97. The van der Waals surface area contributed by atoms with Gasteiger partial charge in [-0.25, -0.2) is 4.98 Å². The van der Waals surface area contributed by atoms with Crippen molar-refractivity contribution in [2.75, 3.05) is 19.8 Å². The molecule has 1 amide bonds. The Balaban J connectivity index is 1.86. The number of H-pyrrole nitrogens is 2. The van der Waals surface area contributed by atoms with E-state index >= 15 is 0 Å². The van der Waals surface area contributed by atoms with Crippen LogP contribution in [0.2, 0.25) is 5.02 Å². The molecule has 1 fully saturated rings. The van der Waals surface area contributed by atoms with Crippen LogP contribution in [0.25, 0.3) is 0 Å². The molecule has 1 unspecified atom stereocenters. The van der Waals surface area contributed by atoms with Gasteiger partial charge in [-0.3, -0.25) is 9.89 Å². The number of rotatable bonds is 2. The highest BCUT2D eigenvalue weighted by molar-refractivity contribution is 6.30. The number of morpholine rings is 1. The molecule has 0 spiro atoms. The summed E-state index contributed by atoms with van der Waals surface area (Å²) in [6.45, 7) is 1.40. The van der Waals surface area contributed by atoms with E-state index in [9.17, 15) is 4.79 Å². The first-order valence-corrected chi connectivity index (χ1v) is 6.21. The minimum Gasteiger partial charge on any atom is -0.377 e. The van der Waals surface area contributed by atoms with Crippen molar-refractivity contribution in [2.45, 2.75) is 6.04 Å². The maximum Gasteiger partial charge on any atom is 0.271 e. The van der Waals surface area contributed by atoms with Crippen molar-refractivity contribution in [3.05, 3.63) is 35.1 Å². The Morgan fingerprint density at radius 2 is 2.47 bits per heavy atom. The third-order valence-corrected chi connectivity index (χ3v) is 3.24. The molecule has 2 N–H and O–H groups in total. The van der Waals surface area contributed by atoms with Gasteiger partial charge in [0.2, 0.25) is 0 Å². The largest absolute Gasteiger partial charge is 0.377 e. The first-order chi connectivity index (χ1) is 9.25. The summed E-state index contributed by atoms with van der Waals surface area (Å²) in [5.74, 6) is 0.488. The number of hydrogen-bond donors (Lipinski definition) is 2. The Morgan fingerprint density at radius 1 is 1.58 bits per heavy atom. The standard InChI is InChI=1S/C11H12ClN5O2/c12-7-3-8(13-4-7)11(18)17-1-2-19-5-9(17)10-14-6-15-16-10/h3-4,6,9,13H,1-2,5H2,(H,14,15,16). The summed E-state index contributed by atoms with van der Waals surface area (Å²) in [5, 5.41) is 7.09. The SMILES string of the molecule is O=C(c1cc(Cl)c[nH]1)N1CCOCC1c1ncn[nH]1. The number of nitrogens with zero attached hydrogens (tertiary/aromatic N) is 3. The average Bonchev–Trinajstić information content (AvgIpc) is 3.09. The topological polar surface area (TPSA) is 86.9 Å². The number of aromatic amines is 2. The van der Waals surface area contributed by atoms with Gasteiger partial charge >= 0.3 is 0 Å². The third kappa shape index (κ3) is 2.34. The van der Waals surface area contributed by atoms with E-state index in [2.05, 4.69) is 20.2 Å². The Bertz CT molecular complexity index is 567. The summed E-state index contributed by atoms with van der Waals surface area (Å²) in [6.07, 6.45) is 3.00. The molecule has 2 aromatic heterocycles. The fourth-order valence-electron chi connectivity index (χ4n) is 2.09. The van der Waals surface area contributed by atoms with Crippen LogP contribution < -0.4 is 0 Å². The molecule has 100 valence electrons. The molecule has 2 aromatic rings. The maximum atomic E-state index is 12.4. The van der Waals surface area contributed by atoms with Crippen molar-refractivity contribution in [1.82, 2.24) is 25.1 Å². The zero-order valence-corrected chi connectivity index (χ0v) is 10.7. The summed E-state index contributed by atoms with van der Waals surface area (Å²) < 4.78 is 5.41. The maximum absolute atomic E-state index is 12.4. The predicted molar refractivity (Wildman–Crippen MR) is 66.8 cm³/mol. The Labute approximate surface area is 113 Å². The van der Waals surface area contributed by atoms with Crippen LogP contribution in [0.4, 0.5) is 0 Å². The van der Waals surface area contributed by atoms with Crippen molar-refractivity contribution in [1.29, 1.82) is 0 Å². The summed E-state index contributed by atoms with van der Waals surface area (Å²) in [7, 11) is 0. The Morgan fingerprint density at radius 3 is 3.16 bits per heavy atom. The van der Waals surface area contributed by atoms with E-state index < -0.39 is 0 Å². The monoisotopic (exact) mass is 281 g/mol. The van der Waals surface area contributed by atoms with Gasteiger partial charge in [0.05, 0.1) is 18.2 Å². The molecule has 3 heterocycles. The number of halogens is 1. The molecule has 1 aliphatic heterocycles. The number of hydrogen-bond acceptors (Lipinski definition) is 4. The van der Waals surface area contributed by atoms with Crippen LogP contribution in [0, 0.1) is 0 Å². The molecule has 1 saturated heterocycles. The first-order valence-electron chi connectivity index (χ1n) is 5.83. The molecule has 0 aliphatic carbocycles. The summed E-state index contributed by atoms with van der Waals surface area (Å²) in [5.41, 5.74) is 0.455. The highest BCUT2D eigenvalue weighted by Gasteiger charge is 2.31. The highest BCUT2D eigenvalue weighted by Crippen LogP contribution is 2.23. The molecule has 3 rings (SSSR count). The second kappa shape index (κ2) is 5.02. The molecule has 0 aromatic carbocycles. The van der Waals surface area contributed by atoms with Crippen LogP contribution in [0.3, 0.4) is 0 Å². The molecule has 8 heteroatoms. The summed E-state index contributed by atoms with van der Waals surface area (Å²) >= 11 is 5.82. The molecule has 0 saturated carbocycles. The van der Waals surface area contributed by atoms with Crippen LogP contribution in [0.5, 0.6) is 0 Å². The van der Waals surface area contributed by atoms with Crippen molar-refractivity contribution in [3.8, 4) is 0 Å². The zero-order chi connectivity index (χ0) is 13.2. The fourth-order valence-corrected chi connectivity index (χ4v) is 2.26. The number of nitrogens with one attached hydrogen (secondary N) is 2. The molecular weight excluding hydrogens is 270 g/mol. The van der Waals surface area contributed by atoms with Crippen molar-refractivity contribution >= 4 is 17.5 Å². The molecule has 7 nitrogen and oxygen atoms in total. The van der Waals surface area contributed by atoms with E-state index in [4.69, 9.17) is 16.3 Å². The summed E-state index contributed by atoms with van der Waals surface area (Å²) in [4.78, 5) is 21.1. The van der Waals surface area contributed by atoms with Crippen molar-refractivity contribution < 1.29 is 9.53 Å². The average molecular weight is 282 g/mol. The van der Waals surface area contributed by atoms with Gasteiger partial charge in [-0.05, 0) is 6.07 Å². The van der Waals surface area contributed by atoms with Crippen LogP contribution >= 0.6 is 11.6 Å². The molecule has 1 aliphatic rings. The lowest BCUT2D eigenvalue weighted by Gasteiger charge is -2.33. The van der Waals surface area contributed by atoms with Gasteiger partial charge in [0, 0.05) is 12.7 Å². The molecule has 0 bridgehead atoms. The van der Waals surface area contributed by atoms with Gasteiger partial charge in [-0.1, -0.05) is 11.6 Å². The lowest BCUT2D eigenvalue weighted by atomic mass is 10.2. The van der Waals surface area contributed by atoms with Gasteiger partial charge in [0.1, 0.15) is 23.9 Å². The van der Waals surface area contributed by atoms with E-state index in [1.165, 1.54) is 6.33 Å². The smallest absolute Gasteiger partial charge is 0.271 e. The van der Waals surface area contributed by atoms with E-state index in [1.807, 2.05) is 0 Å². The fraction of sp³-hybridized carbons (Fsp3) is 0.364. The van der Waals surface area contributed by atoms with Gasteiger partial charge < -0.3 is 14.6 Å². The number of carbonyl (C=O) groups is 1. The molecular formula is C11H12ClN5O2. The number of amides is 1. The van der Waals surface area contributed by atoms with E-state index in [-0.39, 0.29) is 11.9 Å². The van der Waals surface area contributed by atoms with Gasteiger partial charge in [0.25, 0.3) is 5.91 Å². The predicted octanol–water partition coefficient (Wildman–Crippen LogP) is 1.000. The van der Waals surface area contributed by atoms with Crippen molar-refractivity contribution in [2.24, 2.45) is 0 Å². The number of ether oxygens (including phenoxy) is 1. The number of aromatic nitrogens is 4. The molecule has 0 radical (unpaired) electrons. The minimum atomic E-state index is -0.258. The van der Waals surface area contributed by atoms with E-state index in [0.29, 0.717) is 36.3 Å². The Hall–Kier alpha value is -1.86. The van der Waals surface area contributed by atoms with Crippen LogP contribution in [-0.4, -0.2) is 50.7 Å². The lowest BCUT2D eigenvalue weighted by molar-refractivity contribution is -0.00538. The second-order valence-corrected chi connectivity index (χ2v) is 4.63. The highest BCUT2D eigenvalue weighted by atomic mass is 35.5.